The van der Waals surface area contributed by atoms with Gasteiger partial charge in [-0.2, -0.15) is 13.2 Å². The van der Waals surface area contributed by atoms with E-state index >= 15 is 0 Å². The van der Waals surface area contributed by atoms with Crippen LogP contribution in [0, 0.1) is 11.8 Å². The fraction of sp³-hybridized carbons (Fsp3) is 0.667. The van der Waals surface area contributed by atoms with Gasteiger partial charge in [0.15, 0.2) is 6.10 Å². The van der Waals surface area contributed by atoms with Gasteiger partial charge in [0.1, 0.15) is 6.10 Å². The average molecular weight is 685 g/mol. The predicted molar refractivity (Wildman–Crippen MR) is 189 cm³/mol. The standard InChI is InChI=1S/C42H59F3O4/c1-3-5-7-9-10-11-12-13-17-31-21-23-32(24-22-31)33-25-27-35(28-26-33)40(46)49-39-36-19-16-15-18-34(36)29-30-37(39)41(47)48-38(42(43,44)45)20-14-8-6-4-2/h15-16,18-19,21-24,33,35,37-39H,3-14,17,20,25-30H2,1-2H3/t33?,35?,37?,38-,39?/m1/s1. The van der Waals surface area contributed by atoms with Gasteiger partial charge in [0, 0.05) is 0 Å². The molecule has 0 aliphatic heterocycles. The first kappa shape index (κ1) is 39.0. The summed E-state index contributed by atoms with van der Waals surface area (Å²) in [5.74, 6) is -2.19. The van der Waals surface area contributed by atoms with Gasteiger partial charge in [-0.1, -0.05) is 127 Å². The molecule has 0 bridgehead atoms. The van der Waals surface area contributed by atoms with Crippen molar-refractivity contribution in [3.63, 3.8) is 0 Å². The monoisotopic (exact) mass is 684 g/mol. The van der Waals surface area contributed by atoms with E-state index in [1.165, 1.54) is 62.5 Å². The zero-order chi connectivity index (χ0) is 35.1. The second-order valence-corrected chi connectivity index (χ2v) is 14.5. The molecule has 4 rings (SSSR count). The number of esters is 2. The number of halogens is 3. The summed E-state index contributed by atoms with van der Waals surface area (Å²) in [6.45, 7) is 4.24. The van der Waals surface area contributed by atoms with E-state index in [9.17, 15) is 22.8 Å². The largest absolute Gasteiger partial charge is 0.456 e. The molecule has 3 atom stereocenters. The van der Waals surface area contributed by atoms with Gasteiger partial charge >= 0.3 is 18.1 Å². The van der Waals surface area contributed by atoms with Crippen molar-refractivity contribution >= 4 is 11.9 Å². The van der Waals surface area contributed by atoms with Gasteiger partial charge in [-0.15, -0.1) is 0 Å². The molecule has 49 heavy (non-hydrogen) atoms. The Labute approximate surface area is 292 Å². The smallest absolute Gasteiger partial charge is 0.425 e. The maximum Gasteiger partial charge on any atom is 0.425 e. The Balaban J connectivity index is 1.30. The highest BCUT2D eigenvalue weighted by Crippen LogP contribution is 2.42. The third-order valence-electron chi connectivity index (χ3n) is 10.8. The summed E-state index contributed by atoms with van der Waals surface area (Å²) in [5.41, 5.74) is 4.33. The van der Waals surface area contributed by atoms with Crippen LogP contribution in [-0.4, -0.2) is 24.2 Å². The number of aryl methyl sites for hydroxylation is 2. The molecule has 2 aromatic rings. The Morgan fingerprint density at radius 1 is 0.735 bits per heavy atom. The molecular formula is C42H59F3O4. The molecule has 272 valence electrons. The molecule has 0 saturated heterocycles. The molecule has 1 fully saturated rings. The molecule has 2 aromatic carbocycles. The van der Waals surface area contributed by atoms with Crippen molar-refractivity contribution in [1.29, 1.82) is 0 Å². The van der Waals surface area contributed by atoms with Crippen molar-refractivity contribution in [2.75, 3.05) is 0 Å². The lowest BCUT2D eigenvalue weighted by Gasteiger charge is -2.35. The van der Waals surface area contributed by atoms with Crippen LogP contribution in [0.1, 0.15) is 164 Å². The van der Waals surface area contributed by atoms with E-state index in [0.717, 1.165) is 37.7 Å². The lowest BCUT2D eigenvalue weighted by molar-refractivity contribution is -0.227. The van der Waals surface area contributed by atoms with Gasteiger partial charge in [0.25, 0.3) is 0 Å². The lowest BCUT2D eigenvalue weighted by Crippen LogP contribution is -2.39. The first-order valence-corrected chi connectivity index (χ1v) is 19.4. The Bertz CT molecular complexity index is 1270. The van der Waals surface area contributed by atoms with E-state index in [4.69, 9.17) is 9.47 Å². The number of carbonyl (C=O) groups is 2. The highest BCUT2D eigenvalue weighted by Gasteiger charge is 2.46. The molecule has 2 aliphatic carbocycles. The third kappa shape index (κ3) is 12.2. The zero-order valence-electron chi connectivity index (χ0n) is 29.9. The van der Waals surface area contributed by atoms with Gasteiger partial charge in [0.2, 0.25) is 0 Å². The van der Waals surface area contributed by atoms with Crippen LogP contribution in [0.5, 0.6) is 0 Å². The van der Waals surface area contributed by atoms with Crippen LogP contribution >= 0.6 is 0 Å². The Kier molecular flexibility index (Phi) is 16.0. The predicted octanol–water partition coefficient (Wildman–Crippen LogP) is 11.9. The molecular weight excluding hydrogens is 625 g/mol. The topological polar surface area (TPSA) is 52.6 Å². The van der Waals surface area contributed by atoms with Crippen LogP contribution in [0.4, 0.5) is 13.2 Å². The van der Waals surface area contributed by atoms with Gasteiger partial charge in [-0.3, -0.25) is 9.59 Å². The summed E-state index contributed by atoms with van der Waals surface area (Å²) in [5, 5.41) is 0. The summed E-state index contributed by atoms with van der Waals surface area (Å²) in [6, 6.07) is 16.4. The maximum atomic E-state index is 13.9. The molecule has 7 heteroatoms. The molecule has 0 amide bonds. The van der Waals surface area contributed by atoms with Crippen molar-refractivity contribution in [2.24, 2.45) is 11.8 Å². The highest BCUT2D eigenvalue weighted by molar-refractivity contribution is 5.77. The van der Waals surface area contributed by atoms with Crippen LogP contribution in [0.3, 0.4) is 0 Å². The number of ether oxygens (including phenoxy) is 2. The SMILES string of the molecule is CCCCCCCCCCc1ccc(C2CCC(C(=O)OC3c4ccccc4CCC3C(=O)O[C@H](CCCCCC)C(F)(F)F)CC2)cc1. The maximum absolute atomic E-state index is 13.9. The van der Waals surface area contributed by atoms with E-state index in [1.807, 2.05) is 31.2 Å². The molecule has 0 aromatic heterocycles. The molecule has 1 saturated carbocycles. The zero-order valence-corrected chi connectivity index (χ0v) is 29.9. The number of carbonyl (C=O) groups excluding carboxylic acids is 2. The summed E-state index contributed by atoms with van der Waals surface area (Å²) >= 11 is 0. The fourth-order valence-electron chi connectivity index (χ4n) is 7.68. The number of benzene rings is 2. The van der Waals surface area contributed by atoms with E-state index in [-0.39, 0.29) is 24.7 Å². The number of hydrogen-bond acceptors (Lipinski definition) is 4. The summed E-state index contributed by atoms with van der Waals surface area (Å²) < 4.78 is 52.9. The highest BCUT2D eigenvalue weighted by atomic mass is 19.4. The van der Waals surface area contributed by atoms with E-state index in [1.54, 1.807) is 0 Å². The van der Waals surface area contributed by atoms with Crippen LogP contribution in [0.15, 0.2) is 48.5 Å². The van der Waals surface area contributed by atoms with E-state index in [0.29, 0.717) is 43.6 Å². The molecule has 0 radical (unpaired) electrons. The second-order valence-electron chi connectivity index (χ2n) is 14.5. The Hall–Kier alpha value is -2.83. The molecule has 4 nitrogen and oxygen atoms in total. The second kappa shape index (κ2) is 20.1. The molecule has 0 spiro atoms. The van der Waals surface area contributed by atoms with E-state index < -0.39 is 30.3 Å². The van der Waals surface area contributed by atoms with Crippen molar-refractivity contribution in [3.05, 3.63) is 70.8 Å². The van der Waals surface area contributed by atoms with Crippen molar-refractivity contribution in [3.8, 4) is 0 Å². The van der Waals surface area contributed by atoms with E-state index in [2.05, 4.69) is 31.2 Å². The summed E-state index contributed by atoms with van der Waals surface area (Å²) in [6.07, 6.45) is 10.3. The first-order valence-electron chi connectivity index (χ1n) is 19.4. The van der Waals surface area contributed by atoms with Gasteiger partial charge in [-0.25, -0.2) is 0 Å². The molecule has 0 heterocycles. The number of rotatable bonds is 19. The van der Waals surface area contributed by atoms with Gasteiger partial charge in [-0.05, 0) is 92.4 Å². The fourth-order valence-corrected chi connectivity index (χ4v) is 7.68. The number of hydrogen-bond donors (Lipinski definition) is 0. The van der Waals surface area contributed by atoms with Crippen LogP contribution < -0.4 is 0 Å². The lowest BCUT2D eigenvalue weighted by atomic mass is 9.78. The Morgan fingerprint density at radius 3 is 2.00 bits per heavy atom. The minimum Gasteiger partial charge on any atom is -0.456 e. The molecule has 2 aliphatic rings. The van der Waals surface area contributed by atoms with Crippen molar-refractivity contribution in [1.82, 2.24) is 0 Å². The van der Waals surface area contributed by atoms with Crippen molar-refractivity contribution < 1.29 is 32.2 Å². The first-order chi connectivity index (χ1) is 23.7. The van der Waals surface area contributed by atoms with Crippen LogP contribution in [0.25, 0.3) is 0 Å². The van der Waals surface area contributed by atoms with Crippen molar-refractivity contribution in [2.45, 2.75) is 167 Å². The summed E-state index contributed by atoms with van der Waals surface area (Å²) in [4.78, 5) is 26.9. The molecule has 2 unspecified atom stereocenters. The van der Waals surface area contributed by atoms with Crippen LogP contribution in [-0.2, 0) is 31.9 Å². The normalized spacial score (nSPS) is 21.5. The average Bonchev–Trinajstić information content (AvgIpc) is 3.10. The third-order valence-corrected chi connectivity index (χ3v) is 10.8. The summed E-state index contributed by atoms with van der Waals surface area (Å²) in [7, 11) is 0. The minimum absolute atomic E-state index is 0.256. The number of fused-ring (bicyclic) bond motifs is 1. The van der Waals surface area contributed by atoms with Crippen LogP contribution in [0.2, 0.25) is 0 Å². The number of unbranched alkanes of at least 4 members (excludes halogenated alkanes) is 10. The molecule has 0 N–H and O–H groups in total. The van der Waals surface area contributed by atoms with Gasteiger partial charge < -0.3 is 9.47 Å². The Morgan fingerprint density at radius 2 is 1.35 bits per heavy atom. The minimum atomic E-state index is -4.65. The number of alkyl halides is 3. The quantitative estimate of drug-likeness (QED) is 0.109. The van der Waals surface area contributed by atoms with Gasteiger partial charge in [0.05, 0.1) is 11.8 Å².